The van der Waals surface area contributed by atoms with E-state index in [0.29, 0.717) is 5.69 Å². The van der Waals surface area contributed by atoms with Gasteiger partial charge in [0.25, 0.3) is 0 Å². The largest absolute Gasteiger partial charge is 0.488 e. The fourth-order valence-corrected chi connectivity index (χ4v) is 2.18. The first-order valence-corrected chi connectivity index (χ1v) is 6.70. The third-order valence-electron chi connectivity index (χ3n) is 2.93. The number of ether oxygens (including phenoxy) is 2. The SMILES string of the molecule is CCOC(=O)n1c(C)cc2c(F)c(OC(C)C)cc(F)c21. The first-order chi connectivity index (χ1) is 9.86. The molecule has 0 radical (unpaired) electrons. The molecule has 114 valence electrons. The lowest BCUT2D eigenvalue weighted by atomic mass is 10.2. The van der Waals surface area contributed by atoms with Crippen LogP contribution in [0.1, 0.15) is 26.5 Å². The minimum absolute atomic E-state index is 0.00352. The van der Waals surface area contributed by atoms with Gasteiger partial charge in [-0.3, -0.25) is 0 Å². The molecule has 0 atom stereocenters. The zero-order chi connectivity index (χ0) is 15.7. The predicted octanol–water partition coefficient (Wildman–Crippen LogP) is 4.02. The van der Waals surface area contributed by atoms with Crippen LogP contribution in [0, 0.1) is 18.6 Å². The smallest absolute Gasteiger partial charge is 0.418 e. The number of carbonyl (C=O) groups excluding carboxylic acids is 1. The van der Waals surface area contributed by atoms with Crippen LogP contribution in [0.25, 0.3) is 10.9 Å². The zero-order valence-electron chi connectivity index (χ0n) is 12.4. The third kappa shape index (κ3) is 2.70. The summed E-state index contributed by atoms with van der Waals surface area (Å²) in [5.74, 6) is -1.59. The molecule has 0 fully saturated rings. The Morgan fingerprint density at radius 3 is 2.57 bits per heavy atom. The topological polar surface area (TPSA) is 40.5 Å². The maximum absolute atomic E-state index is 14.4. The molecule has 21 heavy (non-hydrogen) atoms. The van der Waals surface area contributed by atoms with Crippen molar-refractivity contribution >= 4 is 17.0 Å². The molecule has 4 nitrogen and oxygen atoms in total. The van der Waals surface area contributed by atoms with Gasteiger partial charge in [-0.15, -0.1) is 0 Å². The van der Waals surface area contributed by atoms with Crippen LogP contribution in [0.3, 0.4) is 0 Å². The van der Waals surface area contributed by atoms with E-state index in [-0.39, 0.29) is 29.4 Å². The lowest BCUT2D eigenvalue weighted by molar-refractivity contribution is 0.154. The summed E-state index contributed by atoms with van der Waals surface area (Å²) in [6, 6.07) is 2.35. The summed E-state index contributed by atoms with van der Waals surface area (Å²) in [6.45, 7) is 6.81. The minimum atomic E-state index is -0.735. The van der Waals surface area contributed by atoms with Crippen LogP contribution in [0.15, 0.2) is 12.1 Å². The van der Waals surface area contributed by atoms with Gasteiger partial charge in [0.1, 0.15) is 0 Å². The van der Waals surface area contributed by atoms with Gasteiger partial charge in [-0.1, -0.05) is 0 Å². The van der Waals surface area contributed by atoms with Crippen LogP contribution in [-0.2, 0) is 4.74 Å². The van der Waals surface area contributed by atoms with E-state index in [4.69, 9.17) is 9.47 Å². The lowest BCUT2D eigenvalue weighted by Gasteiger charge is -2.12. The molecule has 0 saturated carbocycles. The van der Waals surface area contributed by atoms with Crippen LogP contribution in [0.2, 0.25) is 0 Å². The van der Waals surface area contributed by atoms with E-state index >= 15 is 0 Å². The van der Waals surface area contributed by atoms with Crippen molar-refractivity contribution in [2.45, 2.75) is 33.8 Å². The molecule has 0 unspecified atom stereocenters. The first kappa shape index (κ1) is 15.3. The van der Waals surface area contributed by atoms with Crippen LogP contribution >= 0.6 is 0 Å². The Kier molecular flexibility index (Phi) is 4.16. The van der Waals surface area contributed by atoms with Crippen molar-refractivity contribution in [3.63, 3.8) is 0 Å². The molecule has 0 bridgehead atoms. The number of benzene rings is 1. The monoisotopic (exact) mass is 297 g/mol. The van der Waals surface area contributed by atoms with Gasteiger partial charge in [0, 0.05) is 17.1 Å². The number of halogens is 2. The molecule has 1 aromatic heterocycles. The van der Waals surface area contributed by atoms with Crippen molar-refractivity contribution in [1.82, 2.24) is 4.57 Å². The van der Waals surface area contributed by atoms with Gasteiger partial charge < -0.3 is 9.47 Å². The second-order valence-electron chi connectivity index (χ2n) is 4.92. The highest BCUT2D eigenvalue weighted by Gasteiger charge is 2.22. The van der Waals surface area contributed by atoms with Gasteiger partial charge in [0.2, 0.25) is 0 Å². The van der Waals surface area contributed by atoms with Crippen LogP contribution < -0.4 is 4.74 Å². The Morgan fingerprint density at radius 2 is 2.00 bits per heavy atom. The highest BCUT2D eigenvalue weighted by molar-refractivity contribution is 5.92. The average molecular weight is 297 g/mol. The van der Waals surface area contributed by atoms with Crippen molar-refractivity contribution in [2.24, 2.45) is 0 Å². The van der Waals surface area contributed by atoms with E-state index in [1.54, 1.807) is 27.7 Å². The third-order valence-corrected chi connectivity index (χ3v) is 2.93. The van der Waals surface area contributed by atoms with Crippen molar-refractivity contribution in [1.29, 1.82) is 0 Å². The molecule has 0 amide bonds. The van der Waals surface area contributed by atoms with Gasteiger partial charge in [0.05, 0.1) is 18.2 Å². The Labute approximate surface area is 121 Å². The summed E-state index contributed by atoms with van der Waals surface area (Å²) < 4.78 is 39.8. The molecule has 2 aromatic rings. The number of fused-ring (bicyclic) bond motifs is 1. The van der Waals surface area contributed by atoms with Crippen molar-refractivity contribution < 1.29 is 23.0 Å². The maximum atomic E-state index is 14.4. The van der Waals surface area contributed by atoms with Crippen molar-refractivity contribution in [3.8, 4) is 5.75 Å². The van der Waals surface area contributed by atoms with Gasteiger partial charge in [-0.2, -0.15) is 0 Å². The van der Waals surface area contributed by atoms with Gasteiger partial charge in [-0.05, 0) is 33.8 Å². The van der Waals surface area contributed by atoms with E-state index < -0.39 is 17.7 Å². The summed E-state index contributed by atoms with van der Waals surface area (Å²) >= 11 is 0. The Bertz CT molecular complexity index is 692. The number of carbonyl (C=O) groups is 1. The quantitative estimate of drug-likeness (QED) is 0.859. The van der Waals surface area contributed by atoms with Gasteiger partial charge in [0.15, 0.2) is 17.4 Å². The van der Waals surface area contributed by atoms with E-state index in [0.717, 1.165) is 10.6 Å². The number of aryl methyl sites for hydroxylation is 1. The normalized spacial score (nSPS) is 11.2. The molecule has 2 rings (SSSR count). The molecule has 1 heterocycles. The Morgan fingerprint density at radius 1 is 1.33 bits per heavy atom. The minimum Gasteiger partial charge on any atom is -0.488 e. The highest BCUT2D eigenvalue weighted by atomic mass is 19.1. The standard InChI is InChI=1S/C15H17F2NO3/c1-5-20-15(19)18-9(4)6-10-13(17)12(21-8(2)3)7-11(16)14(10)18/h6-8H,5H2,1-4H3. The fourth-order valence-electron chi connectivity index (χ4n) is 2.18. The molecule has 0 saturated heterocycles. The summed E-state index contributed by atoms with van der Waals surface area (Å²) in [5, 5.41) is -0.00352. The molecular weight excluding hydrogens is 280 g/mol. The lowest BCUT2D eigenvalue weighted by Crippen LogP contribution is -2.15. The van der Waals surface area contributed by atoms with E-state index in [1.165, 1.54) is 6.07 Å². The molecular formula is C15H17F2NO3. The van der Waals surface area contributed by atoms with Crippen LogP contribution in [0.5, 0.6) is 5.75 Å². The van der Waals surface area contributed by atoms with Crippen molar-refractivity contribution in [3.05, 3.63) is 29.5 Å². The van der Waals surface area contributed by atoms with Gasteiger partial charge in [-0.25, -0.2) is 18.1 Å². The second kappa shape index (κ2) is 5.71. The van der Waals surface area contributed by atoms with Crippen LogP contribution in [0.4, 0.5) is 13.6 Å². The zero-order valence-corrected chi connectivity index (χ0v) is 12.4. The summed E-state index contributed by atoms with van der Waals surface area (Å²) in [5.41, 5.74) is 0.252. The summed E-state index contributed by atoms with van der Waals surface area (Å²) in [7, 11) is 0. The number of rotatable bonds is 3. The highest BCUT2D eigenvalue weighted by Crippen LogP contribution is 2.32. The summed E-state index contributed by atoms with van der Waals surface area (Å²) in [6.07, 6.45) is -1.02. The molecule has 0 N–H and O–H groups in total. The molecule has 0 aliphatic rings. The number of hydrogen-bond donors (Lipinski definition) is 0. The molecule has 0 aliphatic carbocycles. The second-order valence-corrected chi connectivity index (χ2v) is 4.92. The average Bonchev–Trinajstić information content (AvgIpc) is 2.73. The number of nitrogens with zero attached hydrogens (tertiary/aromatic N) is 1. The number of aromatic nitrogens is 1. The van der Waals surface area contributed by atoms with Crippen molar-refractivity contribution in [2.75, 3.05) is 6.61 Å². The van der Waals surface area contributed by atoms with E-state index in [1.807, 2.05) is 0 Å². The predicted molar refractivity (Wildman–Crippen MR) is 74.8 cm³/mol. The van der Waals surface area contributed by atoms with E-state index in [2.05, 4.69) is 0 Å². The van der Waals surface area contributed by atoms with E-state index in [9.17, 15) is 13.6 Å². The molecule has 1 aromatic carbocycles. The Balaban J connectivity index is 2.68. The molecule has 6 heteroatoms. The Hall–Kier alpha value is -2.11. The first-order valence-electron chi connectivity index (χ1n) is 6.70. The summed E-state index contributed by atoms with van der Waals surface area (Å²) in [4.78, 5) is 11.9. The fraction of sp³-hybridized carbons (Fsp3) is 0.400. The van der Waals surface area contributed by atoms with Crippen LogP contribution in [-0.4, -0.2) is 23.4 Å². The maximum Gasteiger partial charge on any atom is 0.418 e. The van der Waals surface area contributed by atoms with Gasteiger partial charge >= 0.3 is 6.09 Å². The molecule has 0 spiro atoms. The molecule has 0 aliphatic heterocycles. The number of hydrogen-bond acceptors (Lipinski definition) is 3.